The molecule has 1 N–H and O–H groups in total. The van der Waals surface area contributed by atoms with Crippen LogP contribution in [0.2, 0.25) is 0 Å². The number of rotatable bonds is 6. The second-order valence-electron chi connectivity index (χ2n) is 6.02. The first kappa shape index (κ1) is 16.6. The van der Waals surface area contributed by atoms with Crippen LogP contribution in [0.5, 0.6) is 0 Å². The molecule has 0 saturated carbocycles. The quantitative estimate of drug-likeness (QED) is 0.871. The summed E-state index contributed by atoms with van der Waals surface area (Å²) in [6.07, 6.45) is 2.09. The minimum absolute atomic E-state index is 0.342. The second-order valence-corrected chi connectivity index (χ2v) is 8.56. The zero-order chi connectivity index (χ0) is 16.1. The zero-order valence-corrected chi connectivity index (χ0v) is 14.7. The third kappa shape index (κ3) is 4.64. The van der Waals surface area contributed by atoms with E-state index in [-0.39, 0.29) is 0 Å². The van der Waals surface area contributed by atoms with Gasteiger partial charge in [-0.3, -0.25) is 4.90 Å². The molecule has 0 radical (unpaired) electrons. The SMILES string of the molecule is O=S(=O)(NCC1CCN(Cc2ccsc2)CC1)c1ccccc1. The molecule has 0 aliphatic carbocycles. The molecule has 6 heteroatoms. The van der Waals surface area contributed by atoms with E-state index in [2.05, 4.69) is 26.4 Å². The molecule has 0 unspecified atom stereocenters. The van der Waals surface area contributed by atoms with Crippen LogP contribution in [0, 0.1) is 5.92 Å². The summed E-state index contributed by atoms with van der Waals surface area (Å²) in [5.74, 6) is 0.423. The standard InChI is InChI=1S/C17H22N2O2S2/c20-23(21,17-4-2-1-3-5-17)18-12-15-6-9-19(10-7-15)13-16-8-11-22-14-16/h1-5,8,11,14-15,18H,6-7,9-10,12-13H2. The summed E-state index contributed by atoms with van der Waals surface area (Å²) < 4.78 is 27.2. The smallest absolute Gasteiger partial charge is 0.240 e. The van der Waals surface area contributed by atoms with Gasteiger partial charge >= 0.3 is 0 Å². The van der Waals surface area contributed by atoms with Crippen molar-refractivity contribution in [3.05, 3.63) is 52.7 Å². The summed E-state index contributed by atoms with van der Waals surface area (Å²) in [5, 5.41) is 4.31. The van der Waals surface area contributed by atoms with Gasteiger partial charge in [-0.1, -0.05) is 18.2 Å². The Balaban J connectivity index is 1.46. The van der Waals surface area contributed by atoms with Gasteiger partial charge in [0.2, 0.25) is 10.0 Å². The molecule has 0 amide bonds. The lowest BCUT2D eigenvalue weighted by Gasteiger charge is -2.31. The van der Waals surface area contributed by atoms with Crippen LogP contribution in [0.4, 0.5) is 0 Å². The number of sulfonamides is 1. The predicted octanol–water partition coefficient (Wildman–Crippen LogP) is 2.94. The molecule has 1 aliphatic rings. The molecule has 0 bridgehead atoms. The van der Waals surface area contributed by atoms with Crippen molar-refractivity contribution >= 4 is 21.4 Å². The Morgan fingerprint density at radius 3 is 2.52 bits per heavy atom. The molecule has 0 atom stereocenters. The highest BCUT2D eigenvalue weighted by molar-refractivity contribution is 7.89. The first-order chi connectivity index (χ1) is 11.1. The molecule has 1 aliphatic heterocycles. The fraction of sp³-hybridized carbons (Fsp3) is 0.412. The number of nitrogens with one attached hydrogen (secondary N) is 1. The maximum absolute atomic E-state index is 12.2. The van der Waals surface area contributed by atoms with Gasteiger partial charge in [-0.05, 0) is 66.4 Å². The zero-order valence-electron chi connectivity index (χ0n) is 13.0. The fourth-order valence-electron chi connectivity index (χ4n) is 2.90. The Kier molecular flexibility index (Phi) is 5.48. The van der Waals surface area contributed by atoms with Gasteiger partial charge < -0.3 is 0 Å². The lowest BCUT2D eigenvalue weighted by Crippen LogP contribution is -2.38. The summed E-state index contributed by atoms with van der Waals surface area (Å²) >= 11 is 1.73. The molecule has 124 valence electrons. The van der Waals surface area contributed by atoms with E-state index in [4.69, 9.17) is 0 Å². The summed E-state index contributed by atoms with van der Waals surface area (Å²) in [4.78, 5) is 2.79. The minimum atomic E-state index is -3.38. The van der Waals surface area contributed by atoms with Crippen LogP contribution in [-0.2, 0) is 16.6 Å². The van der Waals surface area contributed by atoms with E-state index < -0.39 is 10.0 Å². The predicted molar refractivity (Wildman–Crippen MR) is 94.0 cm³/mol. The Hall–Kier alpha value is -1.21. The number of hydrogen-bond donors (Lipinski definition) is 1. The highest BCUT2D eigenvalue weighted by Gasteiger charge is 2.21. The van der Waals surface area contributed by atoms with Gasteiger partial charge in [0.1, 0.15) is 0 Å². The Labute approximate surface area is 142 Å². The van der Waals surface area contributed by atoms with Crippen LogP contribution in [0.3, 0.4) is 0 Å². The molecule has 1 aromatic carbocycles. The number of benzene rings is 1. The molecular weight excluding hydrogens is 328 g/mol. The van der Waals surface area contributed by atoms with Crippen molar-refractivity contribution in [3.63, 3.8) is 0 Å². The van der Waals surface area contributed by atoms with Crippen LogP contribution in [0.15, 0.2) is 52.1 Å². The van der Waals surface area contributed by atoms with Crippen molar-refractivity contribution in [2.24, 2.45) is 5.92 Å². The lowest BCUT2D eigenvalue weighted by atomic mass is 9.97. The van der Waals surface area contributed by atoms with Crippen molar-refractivity contribution in [3.8, 4) is 0 Å². The number of nitrogens with zero attached hydrogens (tertiary/aromatic N) is 1. The fourth-order valence-corrected chi connectivity index (χ4v) is 4.70. The van der Waals surface area contributed by atoms with Gasteiger partial charge in [0.15, 0.2) is 0 Å². The molecular formula is C17H22N2O2S2. The van der Waals surface area contributed by atoms with E-state index in [1.807, 2.05) is 6.07 Å². The summed E-state index contributed by atoms with van der Waals surface area (Å²) in [6.45, 7) is 3.61. The van der Waals surface area contributed by atoms with Gasteiger partial charge in [0, 0.05) is 13.1 Å². The second kappa shape index (κ2) is 7.57. The molecule has 2 aromatic rings. The first-order valence-electron chi connectivity index (χ1n) is 7.91. The number of thiophene rings is 1. The minimum Gasteiger partial charge on any atom is -0.299 e. The van der Waals surface area contributed by atoms with Crippen molar-refractivity contribution in [1.82, 2.24) is 9.62 Å². The highest BCUT2D eigenvalue weighted by atomic mass is 32.2. The van der Waals surface area contributed by atoms with E-state index in [1.165, 1.54) is 5.56 Å². The Bertz CT molecular complexity index is 691. The van der Waals surface area contributed by atoms with Gasteiger partial charge in [-0.15, -0.1) is 0 Å². The van der Waals surface area contributed by atoms with Crippen molar-refractivity contribution < 1.29 is 8.42 Å². The van der Waals surface area contributed by atoms with Crippen molar-refractivity contribution in [2.45, 2.75) is 24.3 Å². The van der Waals surface area contributed by atoms with E-state index in [0.29, 0.717) is 17.4 Å². The highest BCUT2D eigenvalue weighted by Crippen LogP contribution is 2.20. The Morgan fingerprint density at radius 1 is 1.13 bits per heavy atom. The average molecular weight is 351 g/mol. The van der Waals surface area contributed by atoms with Crippen LogP contribution in [-0.4, -0.2) is 33.0 Å². The maximum Gasteiger partial charge on any atom is 0.240 e. The van der Waals surface area contributed by atoms with Crippen molar-refractivity contribution in [1.29, 1.82) is 0 Å². The molecule has 3 rings (SSSR count). The van der Waals surface area contributed by atoms with E-state index in [0.717, 1.165) is 32.5 Å². The average Bonchev–Trinajstić information content (AvgIpc) is 3.08. The molecule has 1 saturated heterocycles. The normalized spacial score (nSPS) is 17.4. The molecule has 0 spiro atoms. The van der Waals surface area contributed by atoms with Crippen LogP contribution >= 0.6 is 11.3 Å². The van der Waals surface area contributed by atoms with Gasteiger partial charge in [-0.2, -0.15) is 11.3 Å². The third-order valence-corrected chi connectivity index (χ3v) is 6.48. The number of piperidine rings is 1. The van der Waals surface area contributed by atoms with Gasteiger partial charge in [-0.25, -0.2) is 13.1 Å². The summed E-state index contributed by atoms with van der Waals surface area (Å²) in [6, 6.07) is 10.7. The van der Waals surface area contributed by atoms with Crippen LogP contribution in [0.25, 0.3) is 0 Å². The maximum atomic E-state index is 12.2. The number of likely N-dealkylation sites (tertiary alicyclic amines) is 1. The van der Waals surface area contributed by atoms with Gasteiger partial charge in [0.25, 0.3) is 0 Å². The molecule has 1 fully saturated rings. The summed E-state index contributed by atoms with van der Waals surface area (Å²) in [7, 11) is -3.38. The largest absolute Gasteiger partial charge is 0.299 e. The summed E-state index contributed by atoms with van der Waals surface area (Å²) in [5.41, 5.74) is 1.37. The molecule has 23 heavy (non-hydrogen) atoms. The van der Waals surface area contributed by atoms with Crippen molar-refractivity contribution in [2.75, 3.05) is 19.6 Å². The van der Waals surface area contributed by atoms with Crippen LogP contribution in [0.1, 0.15) is 18.4 Å². The van der Waals surface area contributed by atoms with Gasteiger partial charge in [0.05, 0.1) is 4.90 Å². The molecule has 2 heterocycles. The Morgan fingerprint density at radius 2 is 1.87 bits per heavy atom. The first-order valence-corrected chi connectivity index (χ1v) is 10.3. The number of hydrogen-bond acceptors (Lipinski definition) is 4. The monoisotopic (exact) mass is 350 g/mol. The van der Waals surface area contributed by atoms with E-state index in [9.17, 15) is 8.42 Å². The third-order valence-electron chi connectivity index (χ3n) is 4.31. The lowest BCUT2D eigenvalue weighted by molar-refractivity contribution is 0.179. The molecule has 1 aromatic heterocycles. The molecule has 4 nitrogen and oxygen atoms in total. The topological polar surface area (TPSA) is 49.4 Å². The van der Waals surface area contributed by atoms with E-state index >= 15 is 0 Å². The van der Waals surface area contributed by atoms with Crippen LogP contribution < -0.4 is 4.72 Å². The van der Waals surface area contributed by atoms with E-state index in [1.54, 1.807) is 35.6 Å².